The van der Waals surface area contributed by atoms with E-state index < -0.39 is 12.2 Å². The van der Waals surface area contributed by atoms with Crippen LogP contribution in [0.2, 0.25) is 0 Å². The van der Waals surface area contributed by atoms with E-state index in [2.05, 4.69) is 10.2 Å². The van der Waals surface area contributed by atoms with E-state index in [0.717, 1.165) is 58.2 Å². The number of amides is 1. The molecule has 2 aliphatic heterocycles. The Bertz CT molecular complexity index is 434. The number of rotatable bonds is 6. The quantitative estimate of drug-likeness (QED) is 0.661. The molecular formula is C20H36N2O4. The Morgan fingerprint density at radius 3 is 2.46 bits per heavy atom. The summed E-state index contributed by atoms with van der Waals surface area (Å²) >= 11 is 0. The molecule has 3 rings (SSSR count). The predicted molar refractivity (Wildman–Crippen MR) is 99.8 cm³/mol. The Morgan fingerprint density at radius 2 is 1.77 bits per heavy atom. The lowest BCUT2D eigenvalue weighted by Crippen LogP contribution is -2.52. The molecule has 2 saturated heterocycles. The maximum absolute atomic E-state index is 12.6. The van der Waals surface area contributed by atoms with Crippen molar-refractivity contribution in [3.05, 3.63) is 0 Å². The van der Waals surface area contributed by atoms with E-state index in [1.54, 1.807) is 0 Å². The lowest BCUT2D eigenvalue weighted by molar-refractivity contribution is -0.159. The first-order valence-electron chi connectivity index (χ1n) is 10.6. The van der Waals surface area contributed by atoms with Crippen molar-refractivity contribution in [1.29, 1.82) is 0 Å². The standard InChI is InChI=1S/C20H36N2O4/c23-14-15-8-11-22(12-9-15)13-10-17-6-7-18(24)19(26-17)20(25)21-16-4-2-1-3-5-16/h15-19,23-24H,1-14H2,(H,21,25)/t17-,18-,19-/m0/s1. The van der Waals surface area contributed by atoms with E-state index in [4.69, 9.17) is 4.74 Å². The highest BCUT2D eigenvalue weighted by Gasteiger charge is 2.36. The molecule has 0 radical (unpaired) electrons. The molecule has 26 heavy (non-hydrogen) atoms. The van der Waals surface area contributed by atoms with Crippen LogP contribution in [0.5, 0.6) is 0 Å². The molecule has 6 nitrogen and oxygen atoms in total. The van der Waals surface area contributed by atoms with Crippen LogP contribution in [0.25, 0.3) is 0 Å². The van der Waals surface area contributed by atoms with Gasteiger partial charge < -0.3 is 25.2 Å². The number of hydrogen-bond acceptors (Lipinski definition) is 5. The third kappa shape index (κ3) is 5.65. The Morgan fingerprint density at radius 1 is 1.04 bits per heavy atom. The lowest BCUT2D eigenvalue weighted by Gasteiger charge is -2.36. The summed E-state index contributed by atoms with van der Waals surface area (Å²) in [5.74, 6) is 0.332. The topological polar surface area (TPSA) is 82.0 Å². The Kier molecular flexibility index (Phi) is 7.73. The monoisotopic (exact) mass is 368 g/mol. The van der Waals surface area contributed by atoms with Crippen LogP contribution in [0.4, 0.5) is 0 Å². The molecule has 3 fully saturated rings. The second-order valence-electron chi connectivity index (χ2n) is 8.42. The molecular weight excluding hydrogens is 332 g/mol. The minimum absolute atomic E-state index is 0.0519. The van der Waals surface area contributed by atoms with Crippen LogP contribution in [-0.4, -0.2) is 71.6 Å². The number of ether oxygens (including phenoxy) is 1. The van der Waals surface area contributed by atoms with E-state index in [1.807, 2.05) is 0 Å². The Hall–Kier alpha value is -0.690. The molecule has 0 aromatic rings. The fraction of sp³-hybridized carbons (Fsp3) is 0.950. The minimum Gasteiger partial charge on any atom is -0.396 e. The predicted octanol–water partition coefficient (Wildman–Crippen LogP) is 1.44. The van der Waals surface area contributed by atoms with Gasteiger partial charge in [-0.05, 0) is 64.0 Å². The molecule has 1 aliphatic carbocycles. The summed E-state index contributed by atoms with van der Waals surface area (Å²) in [4.78, 5) is 15.0. The van der Waals surface area contributed by atoms with E-state index in [1.165, 1.54) is 19.3 Å². The zero-order valence-corrected chi connectivity index (χ0v) is 15.9. The number of hydrogen-bond donors (Lipinski definition) is 3. The fourth-order valence-corrected chi connectivity index (χ4v) is 4.57. The molecule has 0 unspecified atom stereocenters. The maximum atomic E-state index is 12.6. The van der Waals surface area contributed by atoms with E-state index >= 15 is 0 Å². The lowest BCUT2D eigenvalue weighted by atomic mass is 9.94. The molecule has 1 amide bonds. The summed E-state index contributed by atoms with van der Waals surface area (Å²) in [5.41, 5.74) is 0. The average molecular weight is 369 g/mol. The van der Waals surface area contributed by atoms with Gasteiger partial charge in [0.15, 0.2) is 6.10 Å². The number of aliphatic hydroxyl groups is 2. The van der Waals surface area contributed by atoms with Crippen molar-refractivity contribution in [2.45, 2.75) is 88.6 Å². The van der Waals surface area contributed by atoms with Gasteiger partial charge in [0, 0.05) is 19.2 Å². The molecule has 0 bridgehead atoms. The second kappa shape index (κ2) is 10.0. The third-order valence-electron chi connectivity index (χ3n) is 6.42. The molecule has 6 heteroatoms. The van der Waals surface area contributed by atoms with Crippen molar-refractivity contribution in [3.63, 3.8) is 0 Å². The van der Waals surface area contributed by atoms with Gasteiger partial charge in [-0.2, -0.15) is 0 Å². The Labute approximate surface area is 157 Å². The first kappa shape index (κ1) is 20.1. The van der Waals surface area contributed by atoms with E-state index in [0.29, 0.717) is 18.9 Å². The van der Waals surface area contributed by atoms with Gasteiger partial charge in [0.25, 0.3) is 5.91 Å². The summed E-state index contributed by atoms with van der Waals surface area (Å²) in [6.45, 7) is 3.34. The molecule has 3 N–H and O–H groups in total. The first-order valence-corrected chi connectivity index (χ1v) is 10.6. The highest BCUT2D eigenvalue weighted by atomic mass is 16.5. The molecule has 3 aliphatic rings. The van der Waals surface area contributed by atoms with Crippen LogP contribution in [0.15, 0.2) is 0 Å². The van der Waals surface area contributed by atoms with E-state index in [-0.39, 0.29) is 18.1 Å². The number of likely N-dealkylation sites (tertiary alicyclic amines) is 1. The smallest absolute Gasteiger partial charge is 0.252 e. The van der Waals surface area contributed by atoms with Gasteiger partial charge >= 0.3 is 0 Å². The number of aliphatic hydroxyl groups excluding tert-OH is 2. The first-order chi connectivity index (χ1) is 12.7. The van der Waals surface area contributed by atoms with Crippen molar-refractivity contribution in [2.24, 2.45) is 5.92 Å². The summed E-state index contributed by atoms with van der Waals surface area (Å²) < 4.78 is 6.01. The van der Waals surface area contributed by atoms with Gasteiger partial charge in [0.2, 0.25) is 0 Å². The van der Waals surface area contributed by atoms with Gasteiger partial charge in [-0.1, -0.05) is 19.3 Å². The molecule has 0 spiro atoms. The van der Waals surface area contributed by atoms with Gasteiger partial charge in [-0.25, -0.2) is 0 Å². The molecule has 0 aromatic heterocycles. The molecule has 150 valence electrons. The number of piperidine rings is 1. The highest BCUT2D eigenvalue weighted by Crippen LogP contribution is 2.25. The highest BCUT2D eigenvalue weighted by molar-refractivity contribution is 5.81. The zero-order chi connectivity index (χ0) is 18.4. The van der Waals surface area contributed by atoms with Crippen molar-refractivity contribution in [2.75, 3.05) is 26.2 Å². The number of carbonyl (C=O) groups excluding carboxylic acids is 1. The normalized spacial score (nSPS) is 32.5. The summed E-state index contributed by atoms with van der Waals surface area (Å²) in [5, 5.41) is 22.6. The number of nitrogens with one attached hydrogen (secondary N) is 1. The number of carbonyl (C=O) groups is 1. The SMILES string of the molecule is O=C(NC1CCCCC1)[C@H]1O[C@H](CCN2CCC(CO)CC2)CC[C@@H]1O. The third-order valence-corrected chi connectivity index (χ3v) is 6.42. The van der Waals surface area contributed by atoms with Gasteiger partial charge in [-0.15, -0.1) is 0 Å². The van der Waals surface area contributed by atoms with Crippen molar-refractivity contribution in [3.8, 4) is 0 Å². The maximum Gasteiger partial charge on any atom is 0.252 e. The Balaban J connectivity index is 1.41. The van der Waals surface area contributed by atoms with Crippen LogP contribution >= 0.6 is 0 Å². The minimum atomic E-state index is -0.712. The molecule has 3 atom stereocenters. The largest absolute Gasteiger partial charge is 0.396 e. The van der Waals surface area contributed by atoms with Crippen LogP contribution in [0.1, 0.15) is 64.2 Å². The second-order valence-corrected chi connectivity index (χ2v) is 8.42. The zero-order valence-electron chi connectivity index (χ0n) is 15.9. The van der Waals surface area contributed by atoms with Crippen molar-refractivity contribution in [1.82, 2.24) is 10.2 Å². The fourth-order valence-electron chi connectivity index (χ4n) is 4.57. The molecule has 1 saturated carbocycles. The van der Waals surface area contributed by atoms with Crippen LogP contribution in [-0.2, 0) is 9.53 Å². The number of nitrogens with zero attached hydrogens (tertiary/aromatic N) is 1. The average Bonchev–Trinajstić information content (AvgIpc) is 2.68. The summed E-state index contributed by atoms with van der Waals surface area (Å²) in [6.07, 6.45) is 8.84. The van der Waals surface area contributed by atoms with Crippen LogP contribution in [0, 0.1) is 5.92 Å². The van der Waals surface area contributed by atoms with Gasteiger partial charge in [0.1, 0.15) is 0 Å². The van der Waals surface area contributed by atoms with Gasteiger partial charge in [-0.3, -0.25) is 4.79 Å². The van der Waals surface area contributed by atoms with Crippen LogP contribution < -0.4 is 5.32 Å². The molecule has 2 heterocycles. The van der Waals surface area contributed by atoms with E-state index in [9.17, 15) is 15.0 Å². The summed E-state index contributed by atoms with van der Waals surface area (Å²) in [7, 11) is 0. The van der Waals surface area contributed by atoms with Gasteiger partial charge in [0.05, 0.1) is 12.2 Å². The van der Waals surface area contributed by atoms with Crippen molar-refractivity contribution >= 4 is 5.91 Å². The van der Waals surface area contributed by atoms with Crippen molar-refractivity contribution < 1.29 is 19.7 Å². The van der Waals surface area contributed by atoms with Crippen LogP contribution in [0.3, 0.4) is 0 Å². The molecule has 0 aromatic carbocycles. The summed E-state index contributed by atoms with van der Waals surface area (Å²) in [6, 6.07) is 0.250.